The topological polar surface area (TPSA) is 153 Å². The Morgan fingerprint density at radius 1 is 0.806 bits per heavy atom. The summed E-state index contributed by atoms with van der Waals surface area (Å²) in [5, 5.41) is 2.44. The summed E-state index contributed by atoms with van der Waals surface area (Å²) < 4.78 is 31.5. The van der Waals surface area contributed by atoms with Gasteiger partial charge in [0.1, 0.15) is 24.4 Å². The Morgan fingerprint density at radius 2 is 1.32 bits per heavy atom. The molecule has 0 aromatic rings. The summed E-state index contributed by atoms with van der Waals surface area (Å²) in [4.78, 5) is 58.7. The molecule has 0 aliphatic carbocycles. The van der Waals surface area contributed by atoms with Crippen LogP contribution in [0.3, 0.4) is 0 Å². The molecular formula is C19H29NO11. The SMILES string of the molecule is CC(=O)OC[C@H]1OC(OC(C)=O)[C@@H](NC(=O)OC(C)(C)C)[C@@H](OC(C)=O)[C@@H]1OC(C)=O. The lowest BCUT2D eigenvalue weighted by Crippen LogP contribution is -2.67. The fourth-order valence-corrected chi connectivity index (χ4v) is 2.76. The van der Waals surface area contributed by atoms with Gasteiger partial charge < -0.3 is 33.7 Å². The van der Waals surface area contributed by atoms with Crippen molar-refractivity contribution in [2.45, 2.75) is 84.7 Å². The zero-order chi connectivity index (χ0) is 23.9. The molecule has 0 aromatic carbocycles. The molecule has 5 atom stereocenters. The number of ether oxygens (including phenoxy) is 6. The van der Waals surface area contributed by atoms with Crippen molar-refractivity contribution in [3.05, 3.63) is 0 Å². The molecule has 176 valence electrons. The van der Waals surface area contributed by atoms with Gasteiger partial charge in [-0.2, -0.15) is 0 Å². The fourth-order valence-electron chi connectivity index (χ4n) is 2.76. The number of amides is 1. The lowest BCUT2D eigenvalue weighted by Gasteiger charge is -2.44. The summed E-state index contributed by atoms with van der Waals surface area (Å²) >= 11 is 0. The first kappa shape index (κ1) is 26.1. The van der Waals surface area contributed by atoms with Crippen LogP contribution in [0.4, 0.5) is 4.79 Å². The van der Waals surface area contributed by atoms with Gasteiger partial charge in [0.05, 0.1) is 0 Å². The van der Waals surface area contributed by atoms with Crippen LogP contribution in [-0.4, -0.2) is 72.8 Å². The molecule has 1 rings (SSSR count). The van der Waals surface area contributed by atoms with Crippen LogP contribution in [0.15, 0.2) is 0 Å². The first-order valence-electron chi connectivity index (χ1n) is 9.49. The smallest absolute Gasteiger partial charge is 0.408 e. The van der Waals surface area contributed by atoms with Crippen LogP contribution in [0.1, 0.15) is 48.5 Å². The highest BCUT2D eigenvalue weighted by Crippen LogP contribution is 2.28. The second-order valence-electron chi connectivity index (χ2n) is 7.78. The molecule has 1 amide bonds. The molecule has 1 N–H and O–H groups in total. The van der Waals surface area contributed by atoms with Gasteiger partial charge >= 0.3 is 30.0 Å². The normalized spacial score (nSPS) is 25.6. The molecule has 0 aromatic heterocycles. The molecule has 12 nitrogen and oxygen atoms in total. The number of hydrogen-bond donors (Lipinski definition) is 1. The lowest BCUT2D eigenvalue weighted by molar-refractivity contribution is -0.270. The van der Waals surface area contributed by atoms with Crippen molar-refractivity contribution in [2.75, 3.05) is 6.61 Å². The van der Waals surface area contributed by atoms with Crippen LogP contribution >= 0.6 is 0 Å². The number of hydrogen-bond acceptors (Lipinski definition) is 11. The number of alkyl carbamates (subject to hydrolysis) is 1. The van der Waals surface area contributed by atoms with Crippen LogP contribution in [-0.2, 0) is 47.6 Å². The number of nitrogens with one attached hydrogen (secondary N) is 1. The second-order valence-corrected chi connectivity index (χ2v) is 7.78. The minimum absolute atomic E-state index is 0.401. The maximum Gasteiger partial charge on any atom is 0.408 e. The maximum absolute atomic E-state index is 12.4. The summed E-state index contributed by atoms with van der Waals surface area (Å²) in [6.45, 7) is 8.98. The Hall–Kier alpha value is -2.89. The quantitative estimate of drug-likeness (QED) is 0.450. The molecule has 0 saturated carbocycles. The van der Waals surface area contributed by atoms with Gasteiger partial charge in [-0.1, -0.05) is 0 Å². The van der Waals surface area contributed by atoms with Gasteiger partial charge in [0.2, 0.25) is 6.29 Å². The van der Waals surface area contributed by atoms with Crippen molar-refractivity contribution in [1.29, 1.82) is 0 Å². The van der Waals surface area contributed by atoms with Crippen molar-refractivity contribution in [1.82, 2.24) is 5.32 Å². The largest absolute Gasteiger partial charge is 0.463 e. The van der Waals surface area contributed by atoms with E-state index in [1.54, 1.807) is 20.8 Å². The standard InChI is InChI=1S/C19H29NO11/c1-9(21)26-8-13-15(27-10(2)22)16(28-11(3)23)14(17(30-13)29-12(4)24)20-18(25)31-19(5,6)7/h13-17H,8H2,1-7H3,(H,20,25)/t13-,14+,15-,16-,17?/m1/s1. The Labute approximate surface area is 179 Å². The van der Waals surface area contributed by atoms with Crippen LogP contribution in [0, 0.1) is 0 Å². The molecule has 1 aliphatic heterocycles. The maximum atomic E-state index is 12.4. The third-order valence-electron chi connectivity index (χ3n) is 3.67. The van der Waals surface area contributed by atoms with E-state index in [1.807, 2.05) is 0 Å². The van der Waals surface area contributed by atoms with Crippen molar-refractivity contribution in [3.8, 4) is 0 Å². The summed E-state index contributed by atoms with van der Waals surface area (Å²) in [6.07, 6.45) is -6.21. The molecule has 1 aliphatic rings. The Bertz CT molecular complexity index is 699. The molecule has 0 spiro atoms. The first-order chi connectivity index (χ1) is 14.2. The Balaban J connectivity index is 3.34. The van der Waals surface area contributed by atoms with Gasteiger partial charge in [0, 0.05) is 27.7 Å². The lowest BCUT2D eigenvalue weighted by atomic mass is 9.96. The average molecular weight is 447 g/mol. The van der Waals surface area contributed by atoms with E-state index < -0.39 is 72.8 Å². The molecule has 1 saturated heterocycles. The van der Waals surface area contributed by atoms with Gasteiger partial charge in [-0.3, -0.25) is 19.2 Å². The van der Waals surface area contributed by atoms with Crippen LogP contribution in [0.25, 0.3) is 0 Å². The summed E-state index contributed by atoms with van der Waals surface area (Å²) in [6, 6.07) is -1.31. The second kappa shape index (κ2) is 10.9. The van der Waals surface area contributed by atoms with Crippen molar-refractivity contribution < 1.29 is 52.4 Å². The average Bonchev–Trinajstić information content (AvgIpc) is 2.55. The van der Waals surface area contributed by atoms with Crippen molar-refractivity contribution >= 4 is 30.0 Å². The van der Waals surface area contributed by atoms with E-state index in [4.69, 9.17) is 28.4 Å². The van der Waals surface area contributed by atoms with Gasteiger partial charge in [-0.05, 0) is 20.8 Å². The van der Waals surface area contributed by atoms with Gasteiger partial charge in [0.25, 0.3) is 0 Å². The summed E-state index contributed by atoms with van der Waals surface area (Å²) in [5.41, 5.74) is -0.861. The monoisotopic (exact) mass is 447 g/mol. The van der Waals surface area contributed by atoms with E-state index >= 15 is 0 Å². The van der Waals surface area contributed by atoms with Crippen LogP contribution < -0.4 is 5.32 Å². The predicted octanol–water partition coefficient (Wildman–Crippen LogP) is 0.594. The van der Waals surface area contributed by atoms with Crippen molar-refractivity contribution in [2.24, 2.45) is 0 Å². The molecule has 0 bridgehead atoms. The highest BCUT2D eigenvalue weighted by molar-refractivity contribution is 5.70. The number of esters is 4. The van der Waals surface area contributed by atoms with Crippen LogP contribution in [0.5, 0.6) is 0 Å². The highest BCUT2D eigenvalue weighted by atomic mass is 16.7. The van der Waals surface area contributed by atoms with E-state index in [9.17, 15) is 24.0 Å². The highest BCUT2D eigenvalue weighted by Gasteiger charge is 2.52. The van der Waals surface area contributed by atoms with E-state index in [2.05, 4.69) is 5.32 Å². The van der Waals surface area contributed by atoms with Crippen LogP contribution in [0.2, 0.25) is 0 Å². The Morgan fingerprint density at radius 3 is 1.77 bits per heavy atom. The third-order valence-corrected chi connectivity index (χ3v) is 3.67. The predicted molar refractivity (Wildman–Crippen MR) is 101 cm³/mol. The molecule has 12 heteroatoms. The molecule has 1 fully saturated rings. The van der Waals surface area contributed by atoms with Crippen molar-refractivity contribution in [3.63, 3.8) is 0 Å². The van der Waals surface area contributed by atoms with E-state index in [1.165, 1.54) is 0 Å². The molecule has 1 heterocycles. The van der Waals surface area contributed by atoms with E-state index in [0.29, 0.717) is 0 Å². The molecular weight excluding hydrogens is 418 g/mol. The molecule has 0 radical (unpaired) electrons. The number of rotatable bonds is 6. The Kier molecular flexibility index (Phi) is 9.22. The third kappa shape index (κ3) is 9.20. The van der Waals surface area contributed by atoms with Gasteiger partial charge in [0.15, 0.2) is 12.2 Å². The molecule has 31 heavy (non-hydrogen) atoms. The minimum Gasteiger partial charge on any atom is -0.463 e. The van der Waals surface area contributed by atoms with E-state index in [0.717, 1.165) is 27.7 Å². The summed E-state index contributed by atoms with van der Waals surface area (Å²) in [7, 11) is 0. The van der Waals surface area contributed by atoms with E-state index in [-0.39, 0.29) is 0 Å². The van der Waals surface area contributed by atoms with Gasteiger partial charge in [-0.25, -0.2) is 4.79 Å². The van der Waals surface area contributed by atoms with Gasteiger partial charge in [-0.15, -0.1) is 0 Å². The summed E-state index contributed by atoms with van der Waals surface area (Å²) in [5.74, 6) is -2.93. The minimum atomic E-state index is -1.47. The zero-order valence-corrected chi connectivity index (χ0v) is 18.6. The zero-order valence-electron chi connectivity index (χ0n) is 18.6. The number of carbonyl (C=O) groups is 5. The fraction of sp³-hybridized carbons (Fsp3) is 0.737. The number of carbonyl (C=O) groups excluding carboxylic acids is 5. The first-order valence-corrected chi connectivity index (χ1v) is 9.49. The molecule has 1 unspecified atom stereocenters.